The number of methoxy groups -OCH3 is 1. The van der Waals surface area contributed by atoms with E-state index in [-0.39, 0.29) is 22.2 Å². The van der Waals surface area contributed by atoms with Crippen LogP contribution in [0.5, 0.6) is 0 Å². The first kappa shape index (κ1) is 16.6. The monoisotopic (exact) mass is 332 g/mol. The lowest BCUT2D eigenvalue weighted by atomic mass is 9.41. The van der Waals surface area contributed by atoms with E-state index in [1.54, 1.807) is 0 Å². The Balaban J connectivity index is 1.74. The summed E-state index contributed by atoms with van der Waals surface area (Å²) in [5.41, 5.74) is 0.528. The van der Waals surface area contributed by atoms with Crippen LogP contribution in [0.1, 0.15) is 71.6 Å². The largest absolute Gasteiger partial charge is 0.469 e. The third-order valence-electron chi connectivity index (χ3n) is 8.81. The topological polar surface area (TPSA) is 46.5 Å². The van der Waals surface area contributed by atoms with Gasteiger partial charge < -0.3 is 9.84 Å². The number of esters is 1. The van der Waals surface area contributed by atoms with E-state index in [1.165, 1.54) is 13.5 Å². The number of rotatable bonds is 1. The van der Waals surface area contributed by atoms with Gasteiger partial charge in [0.15, 0.2) is 0 Å². The van der Waals surface area contributed by atoms with Gasteiger partial charge in [-0.25, -0.2) is 0 Å². The van der Waals surface area contributed by atoms with Gasteiger partial charge in [0.2, 0.25) is 0 Å². The first-order valence-electron chi connectivity index (χ1n) is 9.69. The molecule has 4 rings (SSSR count). The highest BCUT2D eigenvalue weighted by Gasteiger charge is 2.67. The average molecular weight is 332 g/mol. The van der Waals surface area contributed by atoms with Crippen molar-refractivity contribution in [3.63, 3.8) is 0 Å². The van der Waals surface area contributed by atoms with E-state index in [9.17, 15) is 9.90 Å². The third-order valence-corrected chi connectivity index (χ3v) is 8.81. The summed E-state index contributed by atoms with van der Waals surface area (Å²) >= 11 is 0. The number of carbonyl (C=O) groups is 1. The number of hydrogen-bond donors (Lipinski definition) is 1. The molecule has 4 aliphatic carbocycles. The Labute approximate surface area is 145 Å². The zero-order valence-corrected chi connectivity index (χ0v) is 15.5. The fourth-order valence-electron chi connectivity index (χ4n) is 7.83. The lowest BCUT2D eigenvalue weighted by molar-refractivity contribution is -0.188. The Kier molecular flexibility index (Phi) is 3.37. The molecule has 2 bridgehead atoms. The zero-order valence-electron chi connectivity index (χ0n) is 15.5. The maximum Gasteiger partial charge on any atom is 0.311 e. The van der Waals surface area contributed by atoms with E-state index in [0.29, 0.717) is 11.8 Å². The molecular formula is C21H32O3. The highest BCUT2D eigenvalue weighted by atomic mass is 16.5. The first-order valence-corrected chi connectivity index (χ1v) is 9.69. The molecule has 6 atom stereocenters. The minimum absolute atomic E-state index is 0.0162. The van der Waals surface area contributed by atoms with Crippen molar-refractivity contribution in [1.82, 2.24) is 0 Å². The van der Waals surface area contributed by atoms with Gasteiger partial charge >= 0.3 is 5.97 Å². The summed E-state index contributed by atoms with van der Waals surface area (Å²) in [5, 5.41) is 11.0. The Morgan fingerprint density at radius 3 is 2.58 bits per heavy atom. The van der Waals surface area contributed by atoms with Crippen LogP contribution >= 0.6 is 0 Å². The summed E-state index contributed by atoms with van der Waals surface area (Å²) in [6, 6.07) is 0. The Hall–Kier alpha value is -0.830. The van der Waals surface area contributed by atoms with Gasteiger partial charge in [-0.2, -0.15) is 0 Å². The quantitative estimate of drug-likeness (QED) is 0.577. The van der Waals surface area contributed by atoms with E-state index < -0.39 is 5.60 Å². The molecule has 4 saturated carbocycles. The minimum Gasteiger partial charge on any atom is -0.469 e. The highest BCUT2D eigenvalue weighted by Crippen LogP contribution is 2.72. The molecule has 24 heavy (non-hydrogen) atoms. The molecule has 1 N–H and O–H groups in total. The van der Waals surface area contributed by atoms with Crippen LogP contribution in [0.15, 0.2) is 12.2 Å². The molecule has 0 aromatic rings. The number of carbonyl (C=O) groups excluding carboxylic acids is 1. The fraction of sp³-hybridized carbons (Fsp3) is 0.857. The van der Waals surface area contributed by atoms with Crippen LogP contribution in [0, 0.1) is 28.1 Å². The molecule has 0 aromatic carbocycles. The van der Waals surface area contributed by atoms with Crippen molar-refractivity contribution in [3.8, 4) is 0 Å². The van der Waals surface area contributed by atoms with Gasteiger partial charge in [0.05, 0.1) is 18.1 Å². The van der Waals surface area contributed by atoms with Crippen LogP contribution in [-0.4, -0.2) is 23.8 Å². The molecule has 0 aromatic heterocycles. The Bertz CT molecular complexity index is 598. The standard InChI is InChI=1S/C21H32O3/c1-14-12-20-10-6-15-18(2,16(20)7-11-21(14,23)13-20)8-5-9-19(15,3)17(22)24-4/h15-16,23H,1,5-13H2,2-4H3/t15-,16-,18+,19+,20+,21+/m0/s1. The molecule has 3 heteroatoms. The lowest BCUT2D eigenvalue weighted by Gasteiger charge is -2.63. The molecule has 4 aliphatic rings. The predicted molar refractivity (Wildman–Crippen MR) is 93.3 cm³/mol. The molecule has 0 heterocycles. The molecule has 134 valence electrons. The molecular weight excluding hydrogens is 300 g/mol. The van der Waals surface area contributed by atoms with Crippen molar-refractivity contribution in [1.29, 1.82) is 0 Å². The summed E-state index contributed by atoms with van der Waals surface area (Å²) < 4.78 is 5.22. The van der Waals surface area contributed by atoms with Crippen molar-refractivity contribution >= 4 is 5.97 Å². The minimum atomic E-state index is -0.611. The molecule has 1 spiro atoms. The molecule has 4 fully saturated rings. The molecule has 0 saturated heterocycles. The van der Waals surface area contributed by atoms with Crippen LogP contribution < -0.4 is 0 Å². The summed E-state index contributed by atoms with van der Waals surface area (Å²) in [4.78, 5) is 12.6. The first-order chi connectivity index (χ1) is 11.2. The van der Waals surface area contributed by atoms with Gasteiger partial charge in [0.25, 0.3) is 0 Å². The Morgan fingerprint density at radius 2 is 1.88 bits per heavy atom. The van der Waals surface area contributed by atoms with Crippen LogP contribution in [0.25, 0.3) is 0 Å². The van der Waals surface area contributed by atoms with Crippen molar-refractivity contribution < 1.29 is 14.6 Å². The van der Waals surface area contributed by atoms with Crippen LogP contribution in [0.4, 0.5) is 0 Å². The van der Waals surface area contributed by atoms with Crippen LogP contribution in [0.2, 0.25) is 0 Å². The van der Waals surface area contributed by atoms with Crippen molar-refractivity contribution in [2.24, 2.45) is 28.1 Å². The number of fused-ring (bicyclic) bond motifs is 3. The molecule has 0 aliphatic heterocycles. The van der Waals surface area contributed by atoms with E-state index in [1.807, 2.05) is 0 Å². The smallest absolute Gasteiger partial charge is 0.311 e. The van der Waals surface area contributed by atoms with Gasteiger partial charge in [-0.05, 0) is 86.5 Å². The molecule has 0 amide bonds. The van der Waals surface area contributed by atoms with E-state index in [2.05, 4.69) is 20.4 Å². The average Bonchev–Trinajstić information content (AvgIpc) is 2.70. The molecule has 3 nitrogen and oxygen atoms in total. The fourth-order valence-corrected chi connectivity index (χ4v) is 7.83. The SMILES string of the molecule is C=C1C[C@@]23CC[C@H]4[C@@](C)(CCC[C@@]4(C)C(=O)OC)[C@@H]2CC[C@@]1(O)C3. The zero-order chi connectivity index (χ0) is 17.4. The second kappa shape index (κ2) is 4.87. The maximum atomic E-state index is 12.6. The van der Waals surface area contributed by atoms with Gasteiger partial charge in [0, 0.05) is 0 Å². The number of hydrogen-bond acceptors (Lipinski definition) is 3. The van der Waals surface area contributed by atoms with E-state index >= 15 is 0 Å². The van der Waals surface area contributed by atoms with Gasteiger partial charge in [-0.15, -0.1) is 0 Å². The normalized spacial score (nSPS) is 53.2. The van der Waals surface area contributed by atoms with Crippen molar-refractivity contribution in [2.75, 3.05) is 7.11 Å². The summed E-state index contributed by atoms with van der Waals surface area (Å²) in [5.74, 6) is 0.993. The van der Waals surface area contributed by atoms with Gasteiger partial charge in [0.1, 0.15) is 0 Å². The number of aliphatic hydroxyl groups is 1. The van der Waals surface area contributed by atoms with Crippen LogP contribution in [0.3, 0.4) is 0 Å². The summed E-state index contributed by atoms with van der Waals surface area (Å²) in [6.07, 6.45) is 9.32. The Morgan fingerprint density at radius 1 is 1.17 bits per heavy atom. The molecule has 0 unspecified atom stereocenters. The second-order valence-electron chi connectivity index (χ2n) is 9.80. The predicted octanol–water partition coefficient (Wildman–Crippen LogP) is 4.24. The van der Waals surface area contributed by atoms with Crippen LogP contribution in [-0.2, 0) is 9.53 Å². The van der Waals surface area contributed by atoms with Gasteiger partial charge in [-0.1, -0.05) is 19.9 Å². The summed E-state index contributed by atoms with van der Waals surface area (Å²) in [7, 11) is 1.53. The van der Waals surface area contributed by atoms with Gasteiger partial charge in [-0.3, -0.25) is 4.79 Å². The third kappa shape index (κ3) is 1.85. The lowest BCUT2D eigenvalue weighted by Crippen LogP contribution is -2.59. The van der Waals surface area contributed by atoms with Crippen molar-refractivity contribution in [2.45, 2.75) is 77.2 Å². The van der Waals surface area contributed by atoms with E-state index in [4.69, 9.17) is 4.74 Å². The van der Waals surface area contributed by atoms with E-state index in [0.717, 1.165) is 56.9 Å². The molecule has 0 radical (unpaired) electrons. The highest BCUT2D eigenvalue weighted by molar-refractivity contribution is 5.77. The summed E-state index contributed by atoms with van der Waals surface area (Å²) in [6.45, 7) is 8.81. The maximum absolute atomic E-state index is 12.6. The van der Waals surface area contributed by atoms with Crippen molar-refractivity contribution in [3.05, 3.63) is 12.2 Å². The second-order valence-corrected chi connectivity index (χ2v) is 9.80. The number of ether oxygens (including phenoxy) is 1.